The third kappa shape index (κ3) is 7.96. The molecule has 0 aliphatic heterocycles. The van der Waals surface area contributed by atoms with Crippen LogP contribution in [-0.4, -0.2) is 25.2 Å². The van der Waals surface area contributed by atoms with E-state index in [1.165, 1.54) is 5.56 Å². The number of nitrogen functional groups attached to an aromatic ring is 1. The first kappa shape index (κ1) is 18.6. The van der Waals surface area contributed by atoms with Crippen LogP contribution < -0.4 is 5.73 Å². The minimum Gasteiger partial charge on any atom is -0.437 e. The monoisotopic (exact) mass is 341 g/mol. The fourth-order valence-corrected chi connectivity index (χ4v) is 14.9. The van der Waals surface area contributed by atoms with Crippen LogP contribution in [0.2, 0.25) is 51.9 Å². The van der Waals surface area contributed by atoms with Gasteiger partial charge in [0.15, 0.2) is 16.6 Å². The van der Waals surface area contributed by atoms with Gasteiger partial charge in [0.25, 0.3) is 0 Å². The Morgan fingerprint density at radius 1 is 0.810 bits per heavy atom. The molecular formula is C15H31NO2Si3. The molecule has 1 rings (SSSR count). The van der Waals surface area contributed by atoms with E-state index in [2.05, 4.69) is 58.0 Å². The van der Waals surface area contributed by atoms with Crippen molar-refractivity contribution in [3.8, 4) is 0 Å². The van der Waals surface area contributed by atoms with E-state index >= 15 is 0 Å². The van der Waals surface area contributed by atoms with Crippen molar-refractivity contribution in [1.82, 2.24) is 0 Å². The fourth-order valence-electron chi connectivity index (χ4n) is 2.47. The van der Waals surface area contributed by atoms with Crippen molar-refractivity contribution in [3.63, 3.8) is 0 Å². The Bertz CT molecular complexity index is 433. The van der Waals surface area contributed by atoms with Gasteiger partial charge in [0, 0.05) is 5.69 Å². The highest BCUT2D eigenvalue weighted by molar-refractivity contribution is 6.87. The summed E-state index contributed by atoms with van der Waals surface area (Å²) in [5, 5.41) is 0. The Morgan fingerprint density at radius 2 is 1.24 bits per heavy atom. The zero-order valence-corrected chi connectivity index (χ0v) is 17.6. The molecule has 0 aromatic heterocycles. The molecule has 0 unspecified atom stereocenters. The summed E-state index contributed by atoms with van der Waals surface area (Å²) in [5.41, 5.74) is 7.87. The number of rotatable bonds is 7. The van der Waals surface area contributed by atoms with E-state index in [9.17, 15) is 0 Å². The standard InChI is InChI=1S/C15H31NO2Si3/c1-19(2,3)17-21(7,18-20(4,5)6)13-12-14-8-10-15(16)11-9-14/h8-11H,12-13,16H2,1-7H3. The highest BCUT2D eigenvalue weighted by Crippen LogP contribution is 2.26. The number of hydrogen-bond acceptors (Lipinski definition) is 3. The van der Waals surface area contributed by atoms with Gasteiger partial charge in [0.05, 0.1) is 0 Å². The van der Waals surface area contributed by atoms with Crippen LogP contribution >= 0.6 is 0 Å². The summed E-state index contributed by atoms with van der Waals surface area (Å²) < 4.78 is 13.0. The molecule has 0 fully saturated rings. The van der Waals surface area contributed by atoms with Gasteiger partial charge < -0.3 is 14.0 Å². The second-order valence-corrected chi connectivity index (χ2v) is 20.7. The third-order valence-corrected chi connectivity index (χ3v) is 12.4. The molecule has 0 spiro atoms. The van der Waals surface area contributed by atoms with Gasteiger partial charge >= 0.3 is 8.56 Å². The first-order valence-electron chi connectivity index (χ1n) is 7.63. The molecule has 0 aliphatic carbocycles. The maximum Gasteiger partial charge on any atom is 0.314 e. The van der Waals surface area contributed by atoms with Crippen LogP contribution in [0.15, 0.2) is 24.3 Å². The van der Waals surface area contributed by atoms with Crippen LogP contribution in [0.1, 0.15) is 5.56 Å². The predicted octanol–water partition coefficient (Wildman–Crippen LogP) is 4.59. The number of aryl methyl sites for hydroxylation is 1. The van der Waals surface area contributed by atoms with Crippen molar-refractivity contribution in [2.24, 2.45) is 0 Å². The third-order valence-electron chi connectivity index (χ3n) is 2.89. The van der Waals surface area contributed by atoms with Gasteiger partial charge in [-0.25, -0.2) is 0 Å². The molecule has 0 bridgehead atoms. The van der Waals surface area contributed by atoms with Crippen molar-refractivity contribution < 1.29 is 8.23 Å². The SMILES string of the molecule is C[Si](C)(C)O[Si](C)(CCc1ccc(N)cc1)O[Si](C)(C)C. The van der Waals surface area contributed by atoms with Crippen molar-refractivity contribution in [2.75, 3.05) is 5.73 Å². The molecule has 0 radical (unpaired) electrons. The molecule has 0 amide bonds. The summed E-state index contributed by atoms with van der Waals surface area (Å²) in [6.45, 7) is 15.7. The zero-order valence-electron chi connectivity index (χ0n) is 14.6. The van der Waals surface area contributed by atoms with Crippen LogP contribution in [0.5, 0.6) is 0 Å². The molecule has 0 atom stereocenters. The summed E-state index contributed by atoms with van der Waals surface area (Å²) in [6, 6.07) is 9.14. The van der Waals surface area contributed by atoms with E-state index in [1.807, 2.05) is 12.1 Å². The van der Waals surface area contributed by atoms with Crippen molar-refractivity contribution in [3.05, 3.63) is 29.8 Å². The minimum atomic E-state index is -2.12. The number of benzene rings is 1. The van der Waals surface area contributed by atoms with E-state index in [4.69, 9.17) is 14.0 Å². The molecule has 2 N–H and O–H groups in total. The lowest BCUT2D eigenvalue weighted by atomic mass is 10.2. The first-order valence-corrected chi connectivity index (χ1v) is 17.0. The Balaban J connectivity index is 2.79. The van der Waals surface area contributed by atoms with Gasteiger partial charge in [-0.05, 0) is 76.0 Å². The second kappa shape index (κ2) is 6.78. The average molecular weight is 342 g/mol. The molecule has 3 nitrogen and oxygen atoms in total. The number of nitrogens with two attached hydrogens (primary N) is 1. The van der Waals surface area contributed by atoms with E-state index in [0.717, 1.165) is 18.2 Å². The lowest BCUT2D eigenvalue weighted by Gasteiger charge is -2.38. The predicted molar refractivity (Wildman–Crippen MR) is 99.8 cm³/mol. The quantitative estimate of drug-likeness (QED) is 0.583. The van der Waals surface area contributed by atoms with E-state index in [-0.39, 0.29) is 0 Å². The Labute approximate surface area is 133 Å². The van der Waals surface area contributed by atoms with Crippen molar-refractivity contribution >= 4 is 30.9 Å². The largest absolute Gasteiger partial charge is 0.437 e. The molecule has 1 aromatic carbocycles. The molecule has 0 saturated carbocycles. The molecule has 1 aromatic rings. The van der Waals surface area contributed by atoms with E-state index in [0.29, 0.717) is 0 Å². The van der Waals surface area contributed by atoms with Crippen LogP contribution in [0, 0.1) is 0 Å². The van der Waals surface area contributed by atoms with Gasteiger partial charge in [-0.2, -0.15) is 0 Å². The van der Waals surface area contributed by atoms with Crippen LogP contribution in [0.3, 0.4) is 0 Å². The fraction of sp³-hybridized carbons (Fsp3) is 0.600. The number of hydrogen-bond donors (Lipinski definition) is 1. The molecule has 120 valence electrons. The average Bonchev–Trinajstić information content (AvgIpc) is 2.23. The van der Waals surface area contributed by atoms with Crippen LogP contribution in [0.4, 0.5) is 5.69 Å². The zero-order chi connectivity index (χ0) is 16.3. The molecular weight excluding hydrogens is 310 g/mol. The minimum absolute atomic E-state index is 0.815. The van der Waals surface area contributed by atoms with Crippen molar-refractivity contribution in [1.29, 1.82) is 0 Å². The van der Waals surface area contributed by atoms with Crippen LogP contribution in [-0.2, 0) is 14.7 Å². The lowest BCUT2D eigenvalue weighted by Crippen LogP contribution is -2.52. The highest BCUT2D eigenvalue weighted by atomic mass is 28.5. The Hall–Kier alpha value is -0.409. The van der Waals surface area contributed by atoms with Gasteiger partial charge in [-0.15, -0.1) is 0 Å². The summed E-state index contributed by atoms with van der Waals surface area (Å²) in [7, 11) is -5.33. The van der Waals surface area contributed by atoms with Gasteiger partial charge in [0.1, 0.15) is 0 Å². The first-order chi connectivity index (χ1) is 9.39. The summed E-state index contributed by atoms with van der Waals surface area (Å²) in [5.74, 6) is 0. The maximum absolute atomic E-state index is 6.51. The number of anilines is 1. The van der Waals surface area contributed by atoms with E-state index in [1.54, 1.807) is 0 Å². The van der Waals surface area contributed by atoms with Gasteiger partial charge in [-0.1, -0.05) is 12.1 Å². The Kier molecular flexibility index (Phi) is 6.02. The molecule has 0 heterocycles. The molecule has 0 saturated heterocycles. The van der Waals surface area contributed by atoms with Crippen molar-refractivity contribution in [2.45, 2.75) is 58.3 Å². The second-order valence-electron chi connectivity index (χ2n) is 7.80. The van der Waals surface area contributed by atoms with Gasteiger partial charge in [0.2, 0.25) is 0 Å². The maximum atomic E-state index is 6.51. The Morgan fingerprint density at radius 3 is 1.62 bits per heavy atom. The molecule has 0 aliphatic rings. The smallest absolute Gasteiger partial charge is 0.314 e. The summed E-state index contributed by atoms with van der Waals surface area (Å²) >= 11 is 0. The van der Waals surface area contributed by atoms with Crippen LogP contribution in [0.25, 0.3) is 0 Å². The van der Waals surface area contributed by atoms with Gasteiger partial charge in [-0.3, -0.25) is 0 Å². The summed E-state index contributed by atoms with van der Waals surface area (Å²) in [6.07, 6.45) is 0.998. The highest BCUT2D eigenvalue weighted by Gasteiger charge is 2.39. The summed E-state index contributed by atoms with van der Waals surface area (Å²) in [4.78, 5) is 0. The lowest BCUT2D eigenvalue weighted by molar-refractivity contribution is 0.383. The molecule has 21 heavy (non-hydrogen) atoms. The molecule has 6 heteroatoms. The topological polar surface area (TPSA) is 44.5 Å². The normalized spacial score (nSPS) is 13.5. The van der Waals surface area contributed by atoms with E-state index < -0.39 is 25.2 Å².